The molecule has 1 aromatic carbocycles. The van der Waals surface area contributed by atoms with Gasteiger partial charge in [0.2, 0.25) is 0 Å². The first-order chi connectivity index (χ1) is 12.5. The molecule has 142 valence electrons. The Morgan fingerprint density at radius 1 is 1.33 bits per heavy atom. The second-order valence-electron chi connectivity index (χ2n) is 6.90. The van der Waals surface area contributed by atoms with E-state index >= 15 is 0 Å². The highest BCUT2D eigenvalue weighted by Gasteiger charge is 2.37. The number of halogens is 4. The molecule has 27 heavy (non-hydrogen) atoms. The summed E-state index contributed by atoms with van der Waals surface area (Å²) in [5, 5.41) is 3.10. The molecule has 0 amide bonds. The third-order valence-corrected chi connectivity index (χ3v) is 5.93. The number of nitrogens with one attached hydrogen (secondary N) is 2. The third kappa shape index (κ3) is 3.29. The van der Waals surface area contributed by atoms with Crippen molar-refractivity contribution in [1.82, 2.24) is 9.97 Å². The predicted octanol–water partition coefficient (Wildman–Crippen LogP) is 4.89. The average Bonchev–Trinajstić information content (AvgIpc) is 2.52. The molecule has 0 bridgehead atoms. The van der Waals surface area contributed by atoms with Gasteiger partial charge < -0.3 is 15.0 Å². The van der Waals surface area contributed by atoms with Crippen molar-refractivity contribution in [2.75, 3.05) is 5.32 Å². The third-order valence-electron chi connectivity index (χ3n) is 4.42. The number of fused-ring (bicyclic) bond motifs is 3. The van der Waals surface area contributed by atoms with Gasteiger partial charge >= 0.3 is 12.1 Å². The van der Waals surface area contributed by atoms with Gasteiger partial charge in [-0.1, -0.05) is 37.2 Å². The summed E-state index contributed by atoms with van der Waals surface area (Å²) < 4.78 is 41.8. The molecule has 0 unspecified atom stereocenters. The van der Waals surface area contributed by atoms with Crippen LogP contribution in [0.15, 0.2) is 33.7 Å². The SMILES string of the molecule is CC1(C)CC2=C(Sc3cc(OC(F)(F)F)c(Cl)cc3N2)c2[nH]c(=O)ncc21. The normalized spacial score (nSPS) is 17.6. The molecule has 1 aromatic heterocycles. The fraction of sp³-hybridized carbons (Fsp3) is 0.294. The van der Waals surface area contributed by atoms with E-state index in [2.05, 4.69) is 20.0 Å². The van der Waals surface area contributed by atoms with Crippen LogP contribution in [0.2, 0.25) is 5.02 Å². The zero-order valence-electron chi connectivity index (χ0n) is 14.1. The van der Waals surface area contributed by atoms with Crippen molar-refractivity contribution in [1.29, 1.82) is 0 Å². The lowest BCUT2D eigenvalue weighted by Crippen LogP contribution is -2.31. The highest BCUT2D eigenvalue weighted by molar-refractivity contribution is 8.08. The summed E-state index contributed by atoms with van der Waals surface area (Å²) in [5.41, 5.74) is 2.19. The molecule has 0 saturated heterocycles. The van der Waals surface area contributed by atoms with Crippen LogP contribution in [0.5, 0.6) is 5.75 Å². The van der Waals surface area contributed by atoms with Gasteiger partial charge in [-0.2, -0.15) is 0 Å². The molecule has 2 heterocycles. The van der Waals surface area contributed by atoms with E-state index in [1.165, 1.54) is 23.9 Å². The van der Waals surface area contributed by atoms with Gasteiger partial charge in [0.1, 0.15) is 5.75 Å². The first kappa shape index (κ1) is 18.2. The molecular formula is C17H13ClF3N3O2S. The maximum Gasteiger partial charge on any atom is 0.573 e. The van der Waals surface area contributed by atoms with Gasteiger partial charge in [-0.15, -0.1) is 13.2 Å². The largest absolute Gasteiger partial charge is 0.573 e. The quantitative estimate of drug-likeness (QED) is 0.694. The van der Waals surface area contributed by atoms with Crippen LogP contribution in [0, 0.1) is 0 Å². The maximum atomic E-state index is 12.6. The van der Waals surface area contributed by atoms with Crippen molar-refractivity contribution in [3.8, 4) is 5.75 Å². The Balaban J connectivity index is 1.80. The van der Waals surface area contributed by atoms with Crippen LogP contribution in [0.25, 0.3) is 4.91 Å². The number of alkyl halides is 3. The first-order valence-corrected chi connectivity index (χ1v) is 9.10. The average molecular weight is 416 g/mol. The van der Waals surface area contributed by atoms with Crippen molar-refractivity contribution in [3.05, 3.63) is 50.8 Å². The number of benzene rings is 1. The number of hydrogen-bond acceptors (Lipinski definition) is 5. The van der Waals surface area contributed by atoms with Gasteiger partial charge in [-0.25, -0.2) is 9.78 Å². The molecule has 0 radical (unpaired) electrons. The zero-order valence-corrected chi connectivity index (χ0v) is 15.7. The summed E-state index contributed by atoms with van der Waals surface area (Å²) in [6.45, 7) is 4.06. The Morgan fingerprint density at radius 2 is 2.07 bits per heavy atom. The molecule has 10 heteroatoms. The fourth-order valence-electron chi connectivity index (χ4n) is 3.26. The van der Waals surface area contributed by atoms with Crippen molar-refractivity contribution < 1.29 is 17.9 Å². The summed E-state index contributed by atoms with van der Waals surface area (Å²) in [4.78, 5) is 19.6. The van der Waals surface area contributed by atoms with E-state index in [1.807, 2.05) is 13.8 Å². The van der Waals surface area contributed by atoms with Crippen molar-refractivity contribution in [2.45, 2.75) is 36.9 Å². The Bertz CT molecular complexity index is 1050. The van der Waals surface area contributed by atoms with Gasteiger partial charge in [0.15, 0.2) is 0 Å². The van der Waals surface area contributed by atoms with E-state index in [0.29, 0.717) is 22.7 Å². The highest BCUT2D eigenvalue weighted by atomic mass is 35.5. The lowest BCUT2D eigenvalue weighted by molar-refractivity contribution is -0.274. The van der Waals surface area contributed by atoms with E-state index in [-0.39, 0.29) is 10.4 Å². The number of anilines is 1. The van der Waals surface area contributed by atoms with Crippen molar-refractivity contribution >= 4 is 34.0 Å². The number of aromatic amines is 1. The Morgan fingerprint density at radius 3 is 2.78 bits per heavy atom. The number of aromatic nitrogens is 2. The van der Waals surface area contributed by atoms with Gasteiger partial charge in [-0.05, 0) is 24.0 Å². The van der Waals surface area contributed by atoms with Crippen LogP contribution in [0.1, 0.15) is 31.5 Å². The lowest BCUT2D eigenvalue weighted by atomic mass is 9.76. The second kappa shape index (κ2) is 5.93. The van der Waals surface area contributed by atoms with Crippen LogP contribution in [0.3, 0.4) is 0 Å². The number of H-pyrrole nitrogens is 1. The molecule has 1 aliphatic carbocycles. The molecule has 2 N–H and O–H groups in total. The number of allylic oxidation sites excluding steroid dienone is 1. The molecule has 0 fully saturated rings. The molecule has 2 aliphatic rings. The minimum absolute atomic E-state index is 0.142. The molecule has 2 aromatic rings. The lowest BCUT2D eigenvalue weighted by Gasteiger charge is -2.37. The van der Waals surface area contributed by atoms with E-state index < -0.39 is 17.8 Å². The standard InChI is InChI=1S/C17H13ClF3N3O2S/c1-16(2)5-10-14(13-7(16)6-22-15(25)24-13)27-12-4-11(26-17(19,20)21)8(18)3-9(12)23-10/h3-4,6,23H,5H2,1-2H3,(H,22,24,25). The molecule has 1 aliphatic heterocycles. The van der Waals surface area contributed by atoms with Crippen molar-refractivity contribution in [2.24, 2.45) is 0 Å². The van der Waals surface area contributed by atoms with E-state index in [1.54, 1.807) is 6.20 Å². The van der Waals surface area contributed by atoms with E-state index in [0.717, 1.165) is 16.2 Å². The van der Waals surface area contributed by atoms with Gasteiger partial charge in [0.05, 0.1) is 21.3 Å². The van der Waals surface area contributed by atoms with Crippen LogP contribution >= 0.6 is 23.4 Å². The number of thioether (sulfide) groups is 1. The Labute approximate surface area is 161 Å². The summed E-state index contributed by atoms with van der Waals surface area (Å²) in [6.07, 6.45) is -2.64. The molecular weight excluding hydrogens is 403 g/mol. The van der Waals surface area contributed by atoms with E-state index in [4.69, 9.17) is 11.6 Å². The summed E-state index contributed by atoms with van der Waals surface area (Å²) in [6, 6.07) is 2.65. The second-order valence-corrected chi connectivity index (χ2v) is 8.36. The van der Waals surface area contributed by atoms with Crippen LogP contribution < -0.4 is 15.7 Å². The number of hydrogen-bond donors (Lipinski definition) is 2. The predicted molar refractivity (Wildman–Crippen MR) is 97.0 cm³/mol. The smallest absolute Gasteiger partial charge is 0.404 e. The van der Waals surface area contributed by atoms with Gasteiger partial charge in [0, 0.05) is 22.4 Å². The van der Waals surface area contributed by atoms with E-state index in [9.17, 15) is 18.0 Å². The number of nitrogens with zero attached hydrogens (tertiary/aromatic N) is 1. The van der Waals surface area contributed by atoms with Crippen LogP contribution in [0.4, 0.5) is 18.9 Å². The Hall–Kier alpha value is -2.13. The molecule has 0 saturated carbocycles. The maximum absolute atomic E-state index is 12.6. The molecule has 0 spiro atoms. The topological polar surface area (TPSA) is 67.0 Å². The van der Waals surface area contributed by atoms with Gasteiger partial charge in [-0.3, -0.25) is 0 Å². The zero-order chi connectivity index (χ0) is 19.6. The monoisotopic (exact) mass is 415 g/mol. The summed E-state index contributed by atoms with van der Waals surface area (Å²) in [7, 11) is 0. The summed E-state index contributed by atoms with van der Waals surface area (Å²) >= 11 is 7.21. The van der Waals surface area contributed by atoms with Crippen LogP contribution in [-0.2, 0) is 5.41 Å². The number of rotatable bonds is 1. The molecule has 4 rings (SSSR count). The minimum atomic E-state index is -4.84. The molecule has 0 atom stereocenters. The number of ether oxygens (including phenoxy) is 1. The highest BCUT2D eigenvalue weighted by Crippen LogP contribution is 2.53. The van der Waals surface area contributed by atoms with Crippen LogP contribution in [-0.4, -0.2) is 16.3 Å². The van der Waals surface area contributed by atoms with Gasteiger partial charge in [0.25, 0.3) is 0 Å². The van der Waals surface area contributed by atoms with Crippen molar-refractivity contribution in [3.63, 3.8) is 0 Å². The Kier molecular flexibility index (Phi) is 4.01. The minimum Gasteiger partial charge on any atom is -0.404 e. The molecule has 5 nitrogen and oxygen atoms in total. The summed E-state index contributed by atoms with van der Waals surface area (Å²) in [5.74, 6) is -0.471. The fourth-order valence-corrected chi connectivity index (χ4v) is 4.58. The first-order valence-electron chi connectivity index (χ1n) is 7.91.